The summed E-state index contributed by atoms with van der Waals surface area (Å²) in [5.74, 6) is 1.49. The second-order valence-corrected chi connectivity index (χ2v) is 6.96. The molecule has 0 aliphatic carbocycles. The van der Waals surface area contributed by atoms with Gasteiger partial charge in [0.05, 0.1) is 0 Å². The van der Waals surface area contributed by atoms with Crippen molar-refractivity contribution in [2.75, 3.05) is 18.5 Å². The first-order valence-corrected chi connectivity index (χ1v) is 9.41. The lowest BCUT2D eigenvalue weighted by atomic mass is 10.1. The normalized spacial score (nSPS) is 12.7. The molecule has 0 spiro atoms. The van der Waals surface area contributed by atoms with E-state index in [1.165, 1.54) is 0 Å². The van der Waals surface area contributed by atoms with Gasteiger partial charge in [-0.1, -0.05) is 11.6 Å². The van der Waals surface area contributed by atoms with E-state index in [1.54, 1.807) is 48.5 Å². The van der Waals surface area contributed by atoms with Gasteiger partial charge < -0.3 is 19.2 Å². The molecule has 5 rings (SSSR count). The Labute approximate surface area is 171 Å². The molecule has 7 heteroatoms. The highest BCUT2D eigenvalue weighted by Gasteiger charge is 2.15. The maximum absolute atomic E-state index is 12.6. The molecular weight excluding hydrogens is 392 g/mol. The first-order valence-electron chi connectivity index (χ1n) is 9.03. The summed E-state index contributed by atoms with van der Waals surface area (Å²) in [5, 5.41) is 3.48. The van der Waals surface area contributed by atoms with Crippen LogP contribution in [0.25, 0.3) is 22.6 Å². The molecule has 144 valence electrons. The van der Waals surface area contributed by atoms with Gasteiger partial charge in [-0.15, -0.1) is 0 Å². The summed E-state index contributed by atoms with van der Waals surface area (Å²) < 4.78 is 16.8. The van der Waals surface area contributed by atoms with Gasteiger partial charge in [0, 0.05) is 21.8 Å². The highest BCUT2D eigenvalue weighted by Crippen LogP contribution is 2.31. The van der Waals surface area contributed by atoms with Gasteiger partial charge in [0.15, 0.2) is 17.1 Å². The Hall–Kier alpha value is -3.51. The summed E-state index contributed by atoms with van der Waals surface area (Å²) >= 11 is 6.00. The average Bonchev–Trinajstić information content (AvgIpc) is 3.17. The first-order chi connectivity index (χ1) is 14.2. The summed E-state index contributed by atoms with van der Waals surface area (Å²) in [6, 6.07) is 17.7. The molecule has 1 N–H and O–H groups in total. The minimum absolute atomic E-state index is 0.230. The highest BCUT2D eigenvalue weighted by atomic mass is 35.5. The second kappa shape index (κ2) is 7.14. The van der Waals surface area contributed by atoms with Gasteiger partial charge in [0.2, 0.25) is 5.89 Å². The van der Waals surface area contributed by atoms with Crippen LogP contribution in [-0.4, -0.2) is 24.1 Å². The number of carbonyl (C=O) groups excluding carboxylic acids is 1. The van der Waals surface area contributed by atoms with Gasteiger partial charge in [0.1, 0.15) is 18.7 Å². The first kappa shape index (κ1) is 17.6. The number of carbonyl (C=O) groups is 1. The van der Waals surface area contributed by atoms with Crippen LogP contribution in [-0.2, 0) is 0 Å². The van der Waals surface area contributed by atoms with Crippen molar-refractivity contribution in [3.8, 4) is 23.0 Å². The maximum atomic E-state index is 12.6. The summed E-state index contributed by atoms with van der Waals surface area (Å²) in [6.45, 7) is 0.986. The number of halogens is 1. The Morgan fingerprint density at radius 1 is 0.931 bits per heavy atom. The third-order valence-corrected chi connectivity index (χ3v) is 4.78. The zero-order chi connectivity index (χ0) is 19.8. The minimum Gasteiger partial charge on any atom is -0.486 e. The number of rotatable bonds is 3. The van der Waals surface area contributed by atoms with E-state index in [0.29, 0.717) is 58.0 Å². The van der Waals surface area contributed by atoms with E-state index in [0.717, 1.165) is 5.56 Å². The lowest BCUT2D eigenvalue weighted by molar-refractivity contribution is 0.102. The van der Waals surface area contributed by atoms with E-state index >= 15 is 0 Å². The van der Waals surface area contributed by atoms with E-state index in [4.69, 9.17) is 25.5 Å². The lowest BCUT2D eigenvalue weighted by Gasteiger charge is -2.18. The smallest absolute Gasteiger partial charge is 0.255 e. The molecule has 1 aliphatic rings. The Morgan fingerprint density at radius 3 is 2.55 bits per heavy atom. The number of hydrogen-bond donors (Lipinski definition) is 1. The zero-order valence-corrected chi connectivity index (χ0v) is 15.9. The summed E-state index contributed by atoms with van der Waals surface area (Å²) in [7, 11) is 0. The Balaban J connectivity index is 1.34. The van der Waals surface area contributed by atoms with Crippen molar-refractivity contribution in [3.05, 3.63) is 71.2 Å². The molecule has 0 atom stereocenters. The van der Waals surface area contributed by atoms with Crippen LogP contribution in [0.5, 0.6) is 11.5 Å². The maximum Gasteiger partial charge on any atom is 0.255 e. The number of ether oxygens (including phenoxy) is 2. The van der Waals surface area contributed by atoms with Crippen molar-refractivity contribution in [2.45, 2.75) is 0 Å². The van der Waals surface area contributed by atoms with Gasteiger partial charge in [-0.2, -0.15) is 0 Å². The number of aromatic nitrogens is 1. The van der Waals surface area contributed by atoms with Crippen LogP contribution in [0.1, 0.15) is 10.4 Å². The van der Waals surface area contributed by atoms with Crippen LogP contribution < -0.4 is 14.8 Å². The van der Waals surface area contributed by atoms with Crippen molar-refractivity contribution < 1.29 is 18.7 Å². The van der Waals surface area contributed by atoms with E-state index in [2.05, 4.69) is 10.3 Å². The highest BCUT2D eigenvalue weighted by molar-refractivity contribution is 6.31. The number of nitrogens with one attached hydrogen (secondary N) is 1. The number of fused-ring (bicyclic) bond motifs is 2. The van der Waals surface area contributed by atoms with E-state index in [9.17, 15) is 4.79 Å². The van der Waals surface area contributed by atoms with Crippen molar-refractivity contribution in [3.63, 3.8) is 0 Å². The van der Waals surface area contributed by atoms with Crippen molar-refractivity contribution in [2.24, 2.45) is 0 Å². The predicted molar refractivity (Wildman–Crippen MR) is 110 cm³/mol. The van der Waals surface area contributed by atoms with Gasteiger partial charge in [-0.05, 0) is 60.7 Å². The SMILES string of the molecule is O=C(Nc1ccc(-c2nc3cc(Cl)ccc3o2)cc1)c1ccc2c(c1)OCCO2. The Morgan fingerprint density at radius 2 is 1.72 bits per heavy atom. The summed E-state index contributed by atoms with van der Waals surface area (Å²) in [4.78, 5) is 17.0. The van der Waals surface area contributed by atoms with Gasteiger partial charge >= 0.3 is 0 Å². The van der Waals surface area contributed by atoms with E-state index in [1.807, 2.05) is 12.1 Å². The van der Waals surface area contributed by atoms with Crippen LogP contribution in [0, 0.1) is 0 Å². The average molecular weight is 407 g/mol. The third kappa shape index (κ3) is 3.50. The van der Waals surface area contributed by atoms with Gasteiger partial charge in [-0.25, -0.2) is 4.98 Å². The molecule has 0 fully saturated rings. The number of oxazole rings is 1. The van der Waals surface area contributed by atoms with Gasteiger partial charge in [-0.3, -0.25) is 4.79 Å². The molecule has 6 nitrogen and oxygen atoms in total. The standard InChI is InChI=1S/C22H15ClN2O4/c23-15-4-8-18-17(12-15)25-22(29-18)13-1-5-16(6-2-13)24-21(26)14-3-7-19-20(11-14)28-10-9-27-19/h1-8,11-12H,9-10H2,(H,24,26). The largest absolute Gasteiger partial charge is 0.486 e. The zero-order valence-electron chi connectivity index (χ0n) is 15.1. The molecule has 0 bridgehead atoms. The number of nitrogens with zero attached hydrogens (tertiary/aromatic N) is 1. The second-order valence-electron chi connectivity index (χ2n) is 6.52. The molecule has 0 unspecified atom stereocenters. The molecule has 29 heavy (non-hydrogen) atoms. The molecule has 2 heterocycles. The molecule has 3 aromatic carbocycles. The number of anilines is 1. The summed E-state index contributed by atoms with van der Waals surface area (Å²) in [6.07, 6.45) is 0. The van der Waals surface area contributed by atoms with Crippen LogP contribution in [0.4, 0.5) is 5.69 Å². The minimum atomic E-state index is -0.230. The fourth-order valence-corrected chi connectivity index (χ4v) is 3.27. The summed E-state index contributed by atoms with van der Waals surface area (Å²) in [5.41, 5.74) is 3.32. The number of benzene rings is 3. The number of amides is 1. The molecule has 0 saturated carbocycles. The molecule has 0 saturated heterocycles. The van der Waals surface area contributed by atoms with Crippen LogP contribution >= 0.6 is 11.6 Å². The van der Waals surface area contributed by atoms with Crippen molar-refractivity contribution >= 4 is 34.3 Å². The third-order valence-electron chi connectivity index (χ3n) is 4.54. The Kier molecular flexibility index (Phi) is 4.33. The van der Waals surface area contributed by atoms with E-state index in [-0.39, 0.29) is 5.91 Å². The molecular formula is C22H15ClN2O4. The van der Waals surface area contributed by atoms with Crippen molar-refractivity contribution in [1.82, 2.24) is 4.98 Å². The topological polar surface area (TPSA) is 73.6 Å². The lowest BCUT2D eigenvalue weighted by Crippen LogP contribution is -2.17. The van der Waals surface area contributed by atoms with Crippen molar-refractivity contribution in [1.29, 1.82) is 0 Å². The fourth-order valence-electron chi connectivity index (χ4n) is 3.11. The molecule has 0 radical (unpaired) electrons. The monoisotopic (exact) mass is 406 g/mol. The molecule has 1 aromatic heterocycles. The number of hydrogen-bond acceptors (Lipinski definition) is 5. The fraction of sp³-hybridized carbons (Fsp3) is 0.0909. The van der Waals surface area contributed by atoms with Gasteiger partial charge in [0.25, 0.3) is 5.91 Å². The van der Waals surface area contributed by atoms with E-state index < -0.39 is 0 Å². The predicted octanol–water partition coefficient (Wildman–Crippen LogP) is 5.17. The molecule has 1 aliphatic heterocycles. The quantitative estimate of drug-likeness (QED) is 0.508. The molecule has 1 amide bonds. The molecule has 4 aromatic rings. The van der Waals surface area contributed by atoms with Crippen LogP contribution in [0.3, 0.4) is 0 Å². The van der Waals surface area contributed by atoms with Crippen LogP contribution in [0.2, 0.25) is 5.02 Å². The van der Waals surface area contributed by atoms with Crippen LogP contribution in [0.15, 0.2) is 65.1 Å². The Bertz CT molecular complexity index is 1220.